The molecule has 0 saturated heterocycles. The lowest BCUT2D eigenvalue weighted by Crippen LogP contribution is -2.10. The molecule has 0 atom stereocenters. The van der Waals surface area contributed by atoms with Crippen molar-refractivity contribution in [3.8, 4) is 17.2 Å². The highest BCUT2D eigenvalue weighted by molar-refractivity contribution is 5.87. The normalized spacial score (nSPS) is 10.5. The zero-order valence-corrected chi connectivity index (χ0v) is 14.0. The lowest BCUT2D eigenvalue weighted by Gasteiger charge is -2.12. The first-order valence-corrected chi connectivity index (χ1v) is 7.58. The predicted molar refractivity (Wildman–Crippen MR) is 91.4 cm³/mol. The van der Waals surface area contributed by atoms with Gasteiger partial charge in [-0.1, -0.05) is 18.2 Å². The average Bonchev–Trinajstić information content (AvgIpc) is 2.64. The number of benzene rings is 2. The van der Waals surface area contributed by atoms with Gasteiger partial charge in [-0.2, -0.15) is 0 Å². The number of ether oxygens (including phenoxy) is 4. The molecule has 2 rings (SSSR count). The maximum Gasteiger partial charge on any atom is 0.330 e. The van der Waals surface area contributed by atoms with Crippen LogP contribution in [0.3, 0.4) is 0 Å². The summed E-state index contributed by atoms with van der Waals surface area (Å²) in [5.41, 5.74) is 0.761. The molecule has 0 aliphatic heterocycles. The molecule has 0 spiro atoms. The van der Waals surface area contributed by atoms with Gasteiger partial charge in [0, 0.05) is 6.08 Å². The summed E-state index contributed by atoms with van der Waals surface area (Å²) < 4.78 is 34.2. The summed E-state index contributed by atoms with van der Waals surface area (Å²) in [7, 11) is 2.83. The molecule has 0 aromatic heterocycles. The number of carbonyl (C=O) groups is 1. The average molecular weight is 346 g/mol. The number of carbonyl (C=O) groups excluding carboxylic acids is 1. The van der Waals surface area contributed by atoms with Crippen molar-refractivity contribution in [3.63, 3.8) is 0 Å². The van der Waals surface area contributed by atoms with Crippen LogP contribution in [-0.2, 0) is 9.53 Å². The molecular weight excluding hydrogens is 327 g/mol. The van der Waals surface area contributed by atoms with Crippen molar-refractivity contribution < 1.29 is 28.1 Å². The first kappa shape index (κ1) is 18.3. The fourth-order valence-corrected chi connectivity index (χ4v) is 2.00. The van der Waals surface area contributed by atoms with Gasteiger partial charge in [-0.25, -0.2) is 9.18 Å². The number of halogens is 1. The summed E-state index contributed by atoms with van der Waals surface area (Å²) in [6.07, 6.45) is 2.93. The number of hydrogen-bond acceptors (Lipinski definition) is 5. The van der Waals surface area contributed by atoms with Crippen LogP contribution in [0.25, 0.3) is 6.08 Å². The number of hydrogen-bond donors (Lipinski definition) is 0. The highest BCUT2D eigenvalue weighted by atomic mass is 19.1. The SMILES string of the molecule is COC(=O)/C=C/c1ccc(OCCOc2ccccc2F)c(OC)c1. The van der Waals surface area contributed by atoms with E-state index in [0.29, 0.717) is 11.5 Å². The molecule has 6 heteroatoms. The number of esters is 1. The largest absolute Gasteiger partial charge is 0.493 e. The van der Waals surface area contributed by atoms with Gasteiger partial charge in [0.1, 0.15) is 13.2 Å². The van der Waals surface area contributed by atoms with E-state index in [9.17, 15) is 9.18 Å². The van der Waals surface area contributed by atoms with Gasteiger partial charge in [-0.05, 0) is 35.9 Å². The lowest BCUT2D eigenvalue weighted by atomic mass is 10.2. The minimum absolute atomic E-state index is 0.182. The van der Waals surface area contributed by atoms with Crippen molar-refractivity contribution in [3.05, 3.63) is 59.9 Å². The van der Waals surface area contributed by atoms with Gasteiger partial charge in [-0.3, -0.25) is 0 Å². The van der Waals surface area contributed by atoms with Gasteiger partial charge in [-0.15, -0.1) is 0 Å². The van der Waals surface area contributed by atoms with Crippen molar-refractivity contribution in [2.45, 2.75) is 0 Å². The molecule has 0 saturated carbocycles. The quantitative estimate of drug-likeness (QED) is 0.416. The molecule has 2 aromatic carbocycles. The third kappa shape index (κ3) is 5.53. The number of rotatable bonds is 8. The van der Waals surface area contributed by atoms with Gasteiger partial charge in [0.2, 0.25) is 0 Å². The third-order valence-corrected chi connectivity index (χ3v) is 3.24. The fourth-order valence-electron chi connectivity index (χ4n) is 2.00. The molecule has 5 nitrogen and oxygen atoms in total. The van der Waals surface area contributed by atoms with Crippen LogP contribution < -0.4 is 14.2 Å². The van der Waals surface area contributed by atoms with Crippen LogP contribution >= 0.6 is 0 Å². The van der Waals surface area contributed by atoms with Crippen LogP contribution in [0.4, 0.5) is 4.39 Å². The van der Waals surface area contributed by atoms with Crippen molar-refractivity contribution in [1.82, 2.24) is 0 Å². The van der Waals surface area contributed by atoms with Crippen molar-refractivity contribution >= 4 is 12.0 Å². The van der Waals surface area contributed by atoms with Crippen molar-refractivity contribution in [2.75, 3.05) is 27.4 Å². The summed E-state index contributed by atoms with van der Waals surface area (Å²) >= 11 is 0. The molecule has 0 aliphatic carbocycles. The Hall–Kier alpha value is -3.02. The van der Waals surface area contributed by atoms with Crippen LogP contribution in [0.5, 0.6) is 17.2 Å². The Bertz CT molecular complexity index is 742. The Balaban J connectivity index is 1.92. The molecule has 2 aromatic rings. The Labute approximate surface area is 145 Å². The van der Waals surface area contributed by atoms with E-state index >= 15 is 0 Å². The third-order valence-electron chi connectivity index (χ3n) is 3.24. The lowest BCUT2D eigenvalue weighted by molar-refractivity contribution is -0.134. The second-order valence-electron chi connectivity index (χ2n) is 4.89. The Morgan fingerprint density at radius 1 is 1.00 bits per heavy atom. The molecule has 0 aliphatic rings. The highest BCUT2D eigenvalue weighted by Crippen LogP contribution is 2.28. The first-order chi connectivity index (χ1) is 12.1. The first-order valence-electron chi connectivity index (χ1n) is 7.58. The minimum atomic E-state index is -0.440. The monoisotopic (exact) mass is 346 g/mol. The van der Waals surface area contributed by atoms with E-state index in [1.807, 2.05) is 0 Å². The molecule has 0 N–H and O–H groups in total. The van der Waals surface area contributed by atoms with E-state index in [0.717, 1.165) is 5.56 Å². The highest BCUT2D eigenvalue weighted by Gasteiger charge is 2.06. The Kier molecular flexibility index (Phi) is 6.83. The molecule has 0 radical (unpaired) electrons. The van der Waals surface area contributed by atoms with Gasteiger partial charge in [0.15, 0.2) is 23.1 Å². The maximum absolute atomic E-state index is 13.4. The van der Waals surface area contributed by atoms with Crippen LogP contribution in [0.15, 0.2) is 48.5 Å². The maximum atomic E-state index is 13.4. The van der Waals surface area contributed by atoms with Crippen LogP contribution in [-0.4, -0.2) is 33.4 Å². The topological polar surface area (TPSA) is 54.0 Å². The molecule has 132 valence electrons. The van der Waals surface area contributed by atoms with Crippen LogP contribution in [0, 0.1) is 5.82 Å². The second kappa shape index (κ2) is 9.32. The molecular formula is C19H19FO5. The van der Waals surface area contributed by atoms with E-state index in [2.05, 4.69) is 4.74 Å². The molecule has 0 heterocycles. The second-order valence-corrected chi connectivity index (χ2v) is 4.89. The van der Waals surface area contributed by atoms with Gasteiger partial charge < -0.3 is 18.9 Å². The zero-order chi connectivity index (χ0) is 18.1. The molecule has 25 heavy (non-hydrogen) atoms. The van der Waals surface area contributed by atoms with E-state index in [1.54, 1.807) is 42.5 Å². The van der Waals surface area contributed by atoms with E-state index < -0.39 is 11.8 Å². The molecule has 0 fully saturated rings. The summed E-state index contributed by atoms with van der Waals surface area (Å²) in [5.74, 6) is 0.362. The fraction of sp³-hybridized carbons (Fsp3) is 0.211. The summed E-state index contributed by atoms with van der Waals surface area (Å²) in [6, 6.07) is 11.4. The molecule has 0 bridgehead atoms. The predicted octanol–water partition coefficient (Wildman–Crippen LogP) is 3.48. The van der Waals surface area contributed by atoms with Crippen molar-refractivity contribution in [1.29, 1.82) is 0 Å². The van der Waals surface area contributed by atoms with Gasteiger partial charge in [0.05, 0.1) is 14.2 Å². The smallest absolute Gasteiger partial charge is 0.330 e. The zero-order valence-electron chi connectivity index (χ0n) is 14.0. The van der Waals surface area contributed by atoms with E-state index in [4.69, 9.17) is 14.2 Å². The number of methoxy groups -OCH3 is 2. The van der Waals surface area contributed by atoms with Crippen LogP contribution in [0.2, 0.25) is 0 Å². The van der Waals surface area contributed by atoms with E-state index in [-0.39, 0.29) is 19.0 Å². The summed E-state index contributed by atoms with van der Waals surface area (Å²) in [5, 5.41) is 0. The Morgan fingerprint density at radius 2 is 1.72 bits per heavy atom. The summed E-state index contributed by atoms with van der Waals surface area (Å²) in [6.45, 7) is 0.413. The standard InChI is InChI=1S/C19H19FO5/c1-22-18-13-14(8-10-19(21)23-2)7-9-17(18)25-12-11-24-16-6-4-3-5-15(16)20/h3-10,13H,11-12H2,1-2H3/b10-8+. The van der Waals surface area contributed by atoms with Crippen molar-refractivity contribution in [2.24, 2.45) is 0 Å². The number of para-hydroxylation sites is 1. The molecule has 0 unspecified atom stereocenters. The minimum Gasteiger partial charge on any atom is -0.493 e. The molecule has 0 amide bonds. The van der Waals surface area contributed by atoms with Gasteiger partial charge in [0.25, 0.3) is 0 Å². The van der Waals surface area contributed by atoms with E-state index in [1.165, 1.54) is 26.4 Å². The van der Waals surface area contributed by atoms with Gasteiger partial charge >= 0.3 is 5.97 Å². The van der Waals surface area contributed by atoms with Crippen LogP contribution in [0.1, 0.15) is 5.56 Å². The summed E-state index contributed by atoms with van der Waals surface area (Å²) in [4.78, 5) is 11.1. The Morgan fingerprint density at radius 3 is 2.40 bits per heavy atom.